The van der Waals surface area contributed by atoms with Crippen molar-refractivity contribution in [3.05, 3.63) is 95.1 Å². The predicted octanol–water partition coefficient (Wildman–Crippen LogP) is 4.31. The van der Waals surface area contributed by atoms with Crippen molar-refractivity contribution in [1.29, 1.82) is 0 Å². The second kappa shape index (κ2) is 11.6. The van der Waals surface area contributed by atoms with E-state index >= 15 is 0 Å². The Morgan fingerprint density at radius 3 is 2.36 bits per heavy atom. The molecule has 4 N–H and O–H groups in total. The van der Waals surface area contributed by atoms with Gasteiger partial charge in [-0.1, -0.05) is 72.8 Å². The second-order valence-corrected chi connectivity index (χ2v) is 9.81. The predicted molar refractivity (Wildman–Crippen MR) is 140 cm³/mol. The molecule has 2 fully saturated rings. The molecule has 4 atom stereocenters. The summed E-state index contributed by atoms with van der Waals surface area (Å²) >= 11 is 0. The van der Waals surface area contributed by atoms with E-state index in [4.69, 9.17) is 15.2 Å². The normalized spacial score (nSPS) is 24.8. The molecular formula is C30H36N2O4. The molecule has 6 nitrogen and oxygen atoms in total. The van der Waals surface area contributed by atoms with Crippen LogP contribution in [0.25, 0.3) is 11.1 Å². The Hall–Kier alpha value is -2.58. The summed E-state index contributed by atoms with van der Waals surface area (Å²) in [7, 11) is 0. The van der Waals surface area contributed by atoms with Crippen molar-refractivity contribution in [2.45, 2.75) is 57.0 Å². The van der Waals surface area contributed by atoms with Gasteiger partial charge >= 0.3 is 0 Å². The zero-order valence-electron chi connectivity index (χ0n) is 20.6. The van der Waals surface area contributed by atoms with E-state index < -0.39 is 6.29 Å². The fraction of sp³-hybridized carbons (Fsp3) is 0.400. The van der Waals surface area contributed by atoms with E-state index in [0.29, 0.717) is 6.54 Å². The molecule has 3 aromatic carbocycles. The summed E-state index contributed by atoms with van der Waals surface area (Å²) in [5.74, 6) is 0. The minimum atomic E-state index is -0.486. The molecule has 2 aliphatic heterocycles. The van der Waals surface area contributed by atoms with Crippen molar-refractivity contribution in [2.24, 2.45) is 5.73 Å². The van der Waals surface area contributed by atoms with Crippen LogP contribution < -0.4 is 5.73 Å². The topological polar surface area (TPSA) is 88.2 Å². The van der Waals surface area contributed by atoms with Crippen LogP contribution in [-0.4, -0.2) is 47.0 Å². The van der Waals surface area contributed by atoms with Crippen LogP contribution in [0.15, 0.2) is 72.8 Å². The molecule has 0 radical (unpaired) electrons. The highest BCUT2D eigenvalue weighted by atomic mass is 16.7. The first-order valence-electron chi connectivity index (χ1n) is 12.9. The van der Waals surface area contributed by atoms with Crippen LogP contribution >= 0.6 is 0 Å². The number of hydrogen-bond donors (Lipinski definition) is 3. The lowest BCUT2D eigenvalue weighted by molar-refractivity contribution is -0.253. The highest BCUT2D eigenvalue weighted by Gasteiger charge is 2.35. The molecule has 0 unspecified atom stereocenters. The molecule has 0 aromatic heterocycles. The minimum absolute atomic E-state index is 0.0175. The average Bonchev–Trinajstić information content (AvgIpc) is 3.40. The van der Waals surface area contributed by atoms with Gasteiger partial charge in [-0.15, -0.1) is 0 Å². The van der Waals surface area contributed by atoms with Crippen molar-refractivity contribution in [2.75, 3.05) is 19.7 Å². The largest absolute Gasteiger partial charge is 0.395 e. The Morgan fingerprint density at radius 1 is 0.889 bits per heavy atom. The molecule has 0 aliphatic carbocycles. The van der Waals surface area contributed by atoms with Crippen LogP contribution in [0.3, 0.4) is 0 Å². The lowest BCUT2D eigenvalue weighted by Gasteiger charge is -2.38. The van der Waals surface area contributed by atoms with Gasteiger partial charge < -0.3 is 25.4 Å². The maximum absolute atomic E-state index is 9.80. The summed E-state index contributed by atoms with van der Waals surface area (Å²) in [6.45, 7) is 2.47. The first-order chi connectivity index (χ1) is 17.7. The number of benzene rings is 3. The molecule has 5 rings (SSSR count). The number of nitrogens with zero attached hydrogens (tertiary/aromatic N) is 1. The summed E-state index contributed by atoms with van der Waals surface area (Å²) in [4.78, 5) is 2.35. The Labute approximate surface area is 213 Å². The molecule has 3 aromatic rings. The van der Waals surface area contributed by atoms with E-state index in [-0.39, 0.29) is 31.5 Å². The first-order valence-corrected chi connectivity index (χ1v) is 12.9. The molecule has 0 bridgehead atoms. The van der Waals surface area contributed by atoms with Crippen LogP contribution in [-0.2, 0) is 22.6 Å². The molecule has 6 heteroatoms. The van der Waals surface area contributed by atoms with E-state index in [0.717, 1.165) is 65.7 Å². The van der Waals surface area contributed by atoms with E-state index in [9.17, 15) is 10.2 Å². The van der Waals surface area contributed by atoms with Gasteiger partial charge in [0.25, 0.3) is 0 Å². The third-order valence-corrected chi connectivity index (χ3v) is 7.49. The van der Waals surface area contributed by atoms with E-state index in [2.05, 4.69) is 41.3 Å². The van der Waals surface area contributed by atoms with Crippen LogP contribution in [0.5, 0.6) is 0 Å². The lowest BCUT2D eigenvalue weighted by atomic mass is 9.97. The number of rotatable bonds is 8. The number of likely N-dealkylation sites (tertiary alicyclic amines) is 1. The van der Waals surface area contributed by atoms with Crippen molar-refractivity contribution in [3.8, 4) is 11.1 Å². The Kier molecular flexibility index (Phi) is 8.12. The molecule has 190 valence electrons. The first kappa shape index (κ1) is 25.1. The van der Waals surface area contributed by atoms with E-state index in [1.807, 2.05) is 36.4 Å². The van der Waals surface area contributed by atoms with Gasteiger partial charge in [-0.05, 0) is 47.2 Å². The summed E-state index contributed by atoms with van der Waals surface area (Å²) in [5.41, 5.74) is 12.3. The molecule has 2 aliphatic rings. The number of hydrogen-bond acceptors (Lipinski definition) is 6. The van der Waals surface area contributed by atoms with E-state index in [1.165, 1.54) is 0 Å². The lowest BCUT2D eigenvalue weighted by Crippen LogP contribution is -2.42. The smallest absolute Gasteiger partial charge is 0.184 e. The molecule has 0 saturated carbocycles. The molecule has 2 heterocycles. The van der Waals surface area contributed by atoms with Crippen LogP contribution in [0.4, 0.5) is 0 Å². The van der Waals surface area contributed by atoms with Crippen molar-refractivity contribution >= 4 is 0 Å². The molecular weight excluding hydrogens is 452 g/mol. The Bertz CT molecular complexity index is 1120. The summed E-state index contributed by atoms with van der Waals surface area (Å²) in [5, 5.41) is 19.2. The van der Waals surface area contributed by atoms with Gasteiger partial charge in [0.1, 0.15) is 0 Å². The maximum Gasteiger partial charge on any atom is 0.184 e. The van der Waals surface area contributed by atoms with Gasteiger partial charge in [0.05, 0.1) is 25.4 Å². The summed E-state index contributed by atoms with van der Waals surface area (Å²) in [6, 6.07) is 24.7. The highest BCUT2D eigenvalue weighted by molar-refractivity contribution is 5.67. The van der Waals surface area contributed by atoms with Crippen molar-refractivity contribution < 1.29 is 19.7 Å². The van der Waals surface area contributed by atoms with Gasteiger partial charge in [-0.25, -0.2) is 0 Å². The van der Waals surface area contributed by atoms with Gasteiger partial charge in [0, 0.05) is 31.1 Å². The van der Waals surface area contributed by atoms with Crippen LogP contribution in [0.2, 0.25) is 0 Å². The Balaban J connectivity index is 1.38. The molecule has 0 amide bonds. The SMILES string of the molecule is NCc1ccccc1-c1ccc([C@H]2O[C@@H](CN3CCC[C@@H]3CO)C[C@@H](c3ccc(CO)cc3)O2)cc1. The van der Waals surface area contributed by atoms with E-state index in [1.54, 1.807) is 0 Å². The van der Waals surface area contributed by atoms with Crippen molar-refractivity contribution in [1.82, 2.24) is 4.90 Å². The fourth-order valence-electron chi connectivity index (χ4n) is 5.44. The highest BCUT2D eigenvalue weighted by Crippen LogP contribution is 2.39. The van der Waals surface area contributed by atoms with Gasteiger partial charge in [0.15, 0.2) is 6.29 Å². The number of aliphatic hydroxyl groups is 2. The van der Waals surface area contributed by atoms with Gasteiger partial charge in [0.2, 0.25) is 0 Å². The molecule has 2 saturated heterocycles. The zero-order chi connectivity index (χ0) is 24.9. The number of nitrogens with two attached hydrogens (primary N) is 1. The zero-order valence-corrected chi connectivity index (χ0v) is 20.6. The second-order valence-electron chi connectivity index (χ2n) is 9.81. The monoisotopic (exact) mass is 488 g/mol. The summed E-state index contributed by atoms with van der Waals surface area (Å²) in [6.07, 6.45) is 2.26. The standard InChI is InChI=1S/C30H36N2O4/c31-17-25-4-1-2-6-28(25)22-11-13-24(14-12-22)30-35-27(18-32-15-3-5-26(32)20-34)16-29(36-30)23-9-7-21(19-33)8-10-23/h1-2,4,6-14,26-27,29-30,33-34H,3,5,15-20,31H2/t26-,27-,29+,30+/m1/s1. The van der Waals surface area contributed by atoms with Crippen LogP contribution in [0.1, 0.15) is 53.9 Å². The maximum atomic E-state index is 9.80. The fourth-order valence-corrected chi connectivity index (χ4v) is 5.44. The molecule has 0 spiro atoms. The number of ether oxygens (including phenoxy) is 2. The quantitative estimate of drug-likeness (QED) is 0.438. The Morgan fingerprint density at radius 2 is 1.64 bits per heavy atom. The third kappa shape index (κ3) is 5.54. The van der Waals surface area contributed by atoms with Crippen molar-refractivity contribution in [3.63, 3.8) is 0 Å². The van der Waals surface area contributed by atoms with Gasteiger partial charge in [-0.3, -0.25) is 4.90 Å². The number of aliphatic hydroxyl groups excluding tert-OH is 2. The average molecular weight is 489 g/mol. The van der Waals surface area contributed by atoms with Gasteiger partial charge in [-0.2, -0.15) is 0 Å². The third-order valence-electron chi connectivity index (χ3n) is 7.49. The summed E-state index contributed by atoms with van der Waals surface area (Å²) < 4.78 is 13.0. The van der Waals surface area contributed by atoms with Crippen LogP contribution in [0, 0.1) is 0 Å². The molecule has 36 heavy (non-hydrogen) atoms. The minimum Gasteiger partial charge on any atom is -0.395 e.